The summed E-state index contributed by atoms with van der Waals surface area (Å²) in [7, 11) is 0. The number of aliphatic carboxylic acids is 1. The second-order valence-corrected chi connectivity index (χ2v) is 6.71. The van der Waals surface area contributed by atoms with Crippen LogP contribution in [0.1, 0.15) is 38.0 Å². The van der Waals surface area contributed by atoms with Gasteiger partial charge in [0.15, 0.2) is 0 Å². The van der Waals surface area contributed by atoms with Crippen LogP contribution < -0.4 is 5.32 Å². The third-order valence-corrected chi connectivity index (χ3v) is 4.59. The van der Waals surface area contributed by atoms with E-state index in [2.05, 4.69) is 15.5 Å². The van der Waals surface area contributed by atoms with E-state index in [9.17, 15) is 9.59 Å². The van der Waals surface area contributed by atoms with Crippen LogP contribution in [0.2, 0.25) is 5.02 Å². The summed E-state index contributed by atoms with van der Waals surface area (Å²) in [5.41, 5.74) is 0.186. The number of rotatable bonds is 7. The predicted octanol–water partition coefficient (Wildman–Crippen LogP) is 2.84. The summed E-state index contributed by atoms with van der Waals surface area (Å²) in [5.74, 6) is -0.300. The van der Waals surface area contributed by atoms with Gasteiger partial charge in [0.25, 0.3) is 0 Å². The van der Waals surface area contributed by atoms with Gasteiger partial charge in [-0.15, -0.1) is 0 Å². The molecule has 1 aromatic heterocycles. The average molecular weight is 364 g/mol. The van der Waals surface area contributed by atoms with E-state index in [1.165, 1.54) is 0 Å². The SMILES string of the molecule is O=C(O)CC1(NC(=O)CCc2nc(-c3ccc(Cl)cc3)no2)CCC1. The summed E-state index contributed by atoms with van der Waals surface area (Å²) in [5, 5.41) is 16.3. The Labute approximate surface area is 149 Å². The maximum Gasteiger partial charge on any atom is 0.305 e. The second-order valence-electron chi connectivity index (χ2n) is 6.27. The summed E-state index contributed by atoms with van der Waals surface area (Å²) in [6, 6.07) is 7.05. The van der Waals surface area contributed by atoms with E-state index >= 15 is 0 Å². The Bertz CT molecular complexity index is 768. The van der Waals surface area contributed by atoms with Crippen LogP contribution in [-0.4, -0.2) is 32.7 Å². The zero-order valence-electron chi connectivity index (χ0n) is 13.5. The van der Waals surface area contributed by atoms with E-state index in [0.717, 1.165) is 12.0 Å². The molecule has 25 heavy (non-hydrogen) atoms. The molecule has 1 amide bonds. The molecule has 132 valence electrons. The zero-order chi connectivity index (χ0) is 17.9. The van der Waals surface area contributed by atoms with Crippen LogP contribution in [0.15, 0.2) is 28.8 Å². The molecule has 1 aromatic carbocycles. The number of carboxylic acid groups (broad SMARTS) is 1. The number of benzene rings is 1. The van der Waals surface area contributed by atoms with Gasteiger partial charge in [-0.3, -0.25) is 9.59 Å². The Kier molecular flexibility index (Phi) is 5.03. The molecule has 8 heteroatoms. The second kappa shape index (κ2) is 7.23. The number of hydrogen-bond donors (Lipinski definition) is 2. The van der Waals surface area contributed by atoms with Crippen molar-refractivity contribution in [1.29, 1.82) is 0 Å². The van der Waals surface area contributed by atoms with Crippen molar-refractivity contribution in [2.75, 3.05) is 0 Å². The number of carboxylic acids is 1. The summed E-state index contributed by atoms with van der Waals surface area (Å²) < 4.78 is 5.17. The number of amides is 1. The van der Waals surface area contributed by atoms with Gasteiger partial charge in [-0.1, -0.05) is 16.8 Å². The third-order valence-electron chi connectivity index (χ3n) is 4.34. The van der Waals surface area contributed by atoms with Crippen LogP contribution in [0.25, 0.3) is 11.4 Å². The van der Waals surface area contributed by atoms with Gasteiger partial charge in [0.2, 0.25) is 17.6 Å². The normalized spacial score (nSPS) is 15.4. The smallest absolute Gasteiger partial charge is 0.305 e. The Morgan fingerprint density at radius 1 is 1.28 bits per heavy atom. The largest absolute Gasteiger partial charge is 0.481 e. The number of carbonyl (C=O) groups is 2. The van der Waals surface area contributed by atoms with Crippen molar-refractivity contribution in [2.45, 2.75) is 44.1 Å². The number of nitrogens with zero attached hydrogens (tertiary/aromatic N) is 2. The standard InChI is InChI=1S/C17H18ClN3O4/c18-12-4-2-11(3-5-12)16-19-14(25-21-16)7-6-13(22)20-17(8-1-9-17)10-15(23)24/h2-5H,1,6-10H2,(H,20,22)(H,23,24). The Balaban J connectivity index is 1.54. The van der Waals surface area contributed by atoms with Crippen molar-refractivity contribution >= 4 is 23.5 Å². The minimum absolute atomic E-state index is 0.0417. The van der Waals surface area contributed by atoms with Gasteiger partial charge in [0.1, 0.15) is 0 Å². The van der Waals surface area contributed by atoms with Gasteiger partial charge >= 0.3 is 5.97 Å². The third kappa shape index (κ3) is 4.36. The molecular weight excluding hydrogens is 346 g/mol. The molecule has 1 saturated carbocycles. The molecule has 1 aliphatic carbocycles. The molecule has 2 N–H and O–H groups in total. The van der Waals surface area contributed by atoms with Crippen LogP contribution in [0, 0.1) is 0 Å². The van der Waals surface area contributed by atoms with Crippen LogP contribution >= 0.6 is 11.6 Å². The molecule has 1 heterocycles. The number of carbonyl (C=O) groups excluding carboxylic acids is 1. The molecule has 0 bridgehead atoms. The summed E-state index contributed by atoms with van der Waals surface area (Å²) >= 11 is 5.84. The summed E-state index contributed by atoms with van der Waals surface area (Å²) in [4.78, 5) is 27.3. The van der Waals surface area contributed by atoms with Gasteiger partial charge in [-0.05, 0) is 43.5 Å². The number of aromatic nitrogens is 2. The number of hydrogen-bond acceptors (Lipinski definition) is 5. The molecule has 0 radical (unpaired) electrons. The molecule has 0 saturated heterocycles. The first kappa shape index (κ1) is 17.4. The van der Waals surface area contributed by atoms with E-state index < -0.39 is 11.5 Å². The first-order valence-electron chi connectivity index (χ1n) is 8.07. The lowest BCUT2D eigenvalue weighted by Gasteiger charge is -2.41. The van der Waals surface area contributed by atoms with Crippen molar-refractivity contribution in [3.05, 3.63) is 35.2 Å². The number of nitrogens with one attached hydrogen (secondary N) is 1. The topological polar surface area (TPSA) is 105 Å². The van der Waals surface area contributed by atoms with Crippen molar-refractivity contribution in [1.82, 2.24) is 15.5 Å². The lowest BCUT2D eigenvalue weighted by molar-refractivity contribution is -0.140. The molecular formula is C17H18ClN3O4. The van der Waals surface area contributed by atoms with E-state index in [1.807, 2.05) is 0 Å². The zero-order valence-corrected chi connectivity index (χ0v) is 14.3. The summed E-state index contributed by atoms with van der Waals surface area (Å²) in [6.07, 6.45) is 2.76. The van der Waals surface area contributed by atoms with Gasteiger partial charge in [0, 0.05) is 23.4 Å². The first-order valence-corrected chi connectivity index (χ1v) is 8.45. The maximum atomic E-state index is 12.1. The Morgan fingerprint density at radius 3 is 2.60 bits per heavy atom. The molecule has 0 unspecified atom stereocenters. The molecule has 1 aliphatic rings. The van der Waals surface area contributed by atoms with Crippen molar-refractivity contribution in [3.8, 4) is 11.4 Å². The van der Waals surface area contributed by atoms with Gasteiger partial charge in [-0.2, -0.15) is 4.98 Å². The van der Waals surface area contributed by atoms with Crippen LogP contribution in [-0.2, 0) is 16.0 Å². The van der Waals surface area contributed by atoms with E-state index in [1.54, 1.807) is 24.3 Å². The fourth-order valence-corrected chi connectivity index (χ4v) is 3.02. The fraction of sp³-hybridized carbons (Fsp3) is 0.412. The minimum Gasteiger partial charge on any atom is -0.481 e. The van der Waals surface area contributed by atoms with E-state index in [-0.39, 0.29) is 18.7 Å². The monoisotopic (exact) mass is 363 g/mol. The highest BCUT2D eigenvalue weighted by molar-refractivity contribution is 6.30. The van der Waals surface area contributed by atoms with Gasteiger partial charge in [-0.25, -0.2) is 0 Å². The van der Waals surface area contributed by atoms with Crippen molar-refractivity contribution in [2.24, 2.45) is 0 Å². The molecule has 0 atom stereocenters. The Morgan fingerprint density at radius 2 is 2.00 bits per heavy atom. The van der Waals surface area contributed by atoms with E-state index in [4.69, 9.17) is 21.2 Å². The molecule has 1 fully saturated rings. The van der Waals surface area contributed by atoms with Crippen LogP contribution in [0.3, 0.4) is 0 Å². The molecule has 2 aromatic rings. The van der Waals surface area contributed by atoms with E-state index in [0.29, 0.717) is 36.0 Å². The highest BCUT2D eigenvalue weighted by Gasteiger charge is 2.40. The highest BCUT2D eigenvalue weighted by atomic mass is 35.5. The lowest BCUT2D eigenvalue weighted by Crippen LogP contribution is -2.54. The van der Waals surface area contributed by atoms with Crippen molar-refractivity contribution < 1.29 is 19.2 Å². The highest BCUT2D eigenvalue weighted by Crippen LogP contribution is 2.35. The van der Waals surface area contributed by atoms with Crippen LogP contribution in [0.5, 0.6) is 0 Å². The number of aryl methyl sites for hydroxylation is 1. The molecule has 0 aliphatic heterocycles. The summed E-state index contributed by atoms with van der Waals surface area (Å²) in [6.45, 7) is 0. The maximum absolute atomic E-state index is 12.1. The quantitative estimate of drug-likeness (QED) is 0.783. The fourth-order valence-electron chi connectivity index (χ4n) is 2.89. The molecule has 7 nitrogen and oxygen atoms in total. The predicted molar refractivity (Wildman–Crippen MR) is 90.0 cm³/mol. The average Bonchev–Trinajstić information content (AvgIpc) is 3.00. The minimum atomic E-state index is -0.899. The first-order chi connectivity index (χ1) is 12.0. The van der Waals surface area contributed by atoms with Crippen molar-refractivity contribution in [3.63, 3.8) is 0 Å². The van der Waals surface area contributed by atoms with Gasteiger partial charge in [0.05, 0.1) is 12.0 Å². The van der Waals surface area contributed by atoms with Crippen LogP contribution in [0.4, 0.5) is 0 Å². The Hall–Kier alpha value is -2.41. The van der Waals surface area contributed by atoms with Gasteiger partial charge < -0.3 is 14.9 Å². The number of halogens is 1. The lowest BCUT2D eigenvalue weighted by atomic mass is 9.74. The molecule has 3 rings (SSSR count). The molecule has 0 spiro atoms.